The number of hydrogen-bond acceptors (Lipinski definition) is 6. The molecule has 4 aliphatic heterocycles. The van der Waals surface area contributed by atoms with Crippen molar-refractivity contribution in [3.05, 3.63) is 41.5 Å². The first-order valence-electron chi connectivity index (χ1n) is 9.20. The summed E-state index contributed by atoms with van der Waals surface area (Å²) in [6.45, 7) is 2.01. The summed E-state index contributed by atoms with van der Waals surface area (Å²) in [4.78, 5) is 23.9. The summed E-state index contributed by atoms with van der Waals surface area (Å²) in [6, 6.07) is 8.00. The SMILES string of the molecule is CC=C1C2CC3C4=Nc5ccccc5C4(C2C(=O)OC)C2C(O)ON3C12. The van der Waals surface area contributed by atoms with Gasteiger partial charge in [0.05, 0.1) is 41.9 Å². The third-order valence-electron chi connectivity index (χ3n) is 7.24. The van der Waals surface area contributed by atoms with E-state index in [1.807, 2.05) is 30.2 Å². The minimum absolute atomic E-state index is 0.00425. The molecule has 7 rings (SSSR count). The molecule has 1 aromatic rings. The smallest absolute Gasteiger partial charge is 0.310 e. The molecule has 3 saturated heterocycles. The molecule has 5 fully saturated rings. The maximum absolute atomic E-state index is 13.1. The molecule has 4 heterocycles. The summed E-state index contributed by atoms with van der Waals surface area (Å²) in [5.41, 5.74) is 3.46. The Morgan fingerprint density at radius 2 is 2.27 bits per heavy atom. The Balaban J connectivity index is 1.71. The molecule has 1 N–H and O–H groups in total. The number of nitrogens with zero attached hydrogens (tertiary/aromatic N) is 2. The van der Waals surface area contributed by atoms with E-state index in [-0.39, 0.29) is 35.8 Å². The number of fused-ring (bicyclic) bond motifs is 1. The summed E-state index contributed by atoms with van der Waals surface area (Å²) in [5.74, 6) is -0.762. The van der Waals surface area contributed by atoms with Crippen LogP contribution in [0.1, 0.15) is 18.9 Å². The van der Waals surface area contributed by atoms with Crippen molar-refractivity contribution in [1.29, 1.82) is 0 Å². The van der Waals surface area contributed by atoms with Crippen LogP contribution < -0.4 is 0 Å². The highest BCUT2D eigenvalue weighted by atomic mass is 16.8. The fourth-order valence-electron chi connectivity index (χ4n) is 6.62. The van der Waals surface area contributed by atoms with Gasteiger partial charge in [-0.15, -0.1) is 0 Å². The topological polar surface area (TPSA) is 71.4 Å². The average molecular weight is 352 g/mol. The lowest BCUT2D eigenvalue weighted by Crippen LogP contribution is -2.74. The zero-order valence-corrected chi connectivity index (χ0v) is 14.6. The largest absolute Gasteiger partial charge is 0.469 e. The Morgan fingerprint density at radius 1 is 1.46 bits per heavy atom. The molecular formula is C20H20N2O4. The van der Waals surface area contributed by atoms with Gasteiger partial charge in [0.1, 0.15) is 0 Å². The third kappa shape index (κ3) is 1.34. The maximum Gasteiger partial charge on any atom is 0.310 e. The number of carbonyl (C=O) groups excluding carboxylic acids is 1. The lowest BCUT2D eigenvalue weighted by molar-refractivity contribution is -0.234. The lowest BCUT2D eigenvalue weighted by atomic mass is 9.43. The molecule has 6 aliphatic rings. The van der Waals surface area contributed by atoms with E-state index in [9.17, 15) is 9.90 Å². The van der Waals surface area contributed by atoms with Gasteiger partial charge < -0.3 is 9.84 Å². The average Bonchev–Trinajstić information content (AvgIpc) is 3.16. The van der Waals surface area contributed by atoms with Gasteiger partial charge in [-0.1, -0.05) is 29.8 Å². The van der Waals surface area contributed by atoms with Crippen LogP contribution in [0.4, 0.5) is 5.69 Å². The fraction of sp³-hybridized carbons (Fsp3) is 0.500. The van der Waals surface area contributed by atoms with Crippen molar-refractivity contribution in [3.63, 3.8) is 0 Å². The highest BCUT2D eigenvalue weighted by molar-refractivity contribution is 6.10. The molecule has 0 aromatic heterocycles. The Kier molecular flexibility index (Phi) is 2.68. The molecule has 1 spiro atoms. The minimum Gasteiger partial charge on any atom is -0.469 e. The number of rotatable bonds is 1. The molecule has 26 heavy (non-hydrogen) atoms. The van der Waals surface area contributed by atoms with Crippen LogP contribution in [0.15, 0.2) is 40.9 Å². The first kappa shape index (κ1) is 15.1. The Hall–Kier alpha value is -2.02. The van der Waals surface area contributed by atoms with Crippen molar-refractivity contribution < 1.29 is 19.5 Å². The quantitative estimate of drug-likeness (QED) is 0.615. The lowest BCUT2D eigenvalue weighted by Gasteiger charge is -2.63. The molecular weight excluding hydrogens is 332 g/mol. The van der Waals surface area contributed by atoms with Gasteiger partial charge in [-0.2, -0.15) is 5.06 Å². The van der Waals surface area contributed by atoms with Crippen molar-refractivity contribution >= 4 is 17.4 Å². The van der Waals surface area contributed by atoms with Crippen LogP contribution in [0.3, 0.4) is 0 Å². The molecule has 0 radical (unpaired) electrons. The van der Waals surface area contributed by atoms with Crippen molar-refractivity contribution in [1.82, 2.24) is 5.06 Å². The van der Waals surface area contributed by atoms with E-state index in [2.05, 4.69) is 12.1 Å². The van der Waals surface area contributed by atoms with Gasteiger partial charge in [0, 0.05) is 5.92 Å². The van der Waals surface area contributed by atoms with Gasteiger partial charge >= 0.3 is 5.97 Å². The number of ether oxygens (including phenoxy) is 1. The molecule has 0 amide bonds. The number of benzene rings is 1. The third-order valence-corrected chi connectivity index (χ3v) is 7.24. The summed E-state index contributed by atoms with van der Waals surface area (Å²) < 4.78 is 5.27. The minimum atomic E-state index is -0.956. The van der Waals surface area contributed by atoms with Crippen LogP contribution in [-0.2, 0) is 19.8 Å². The van der Waals surface area contributed by atoms with Crippen LogP contribution in [0, 0.1) is 17.8 Å². The van der Waals surface area contributed by atoms with E-state index in [0.29, 0.717) is 0 Å². The number of para-hydroxylation sites is 1. The van der Waals surface area contributed by atoms with Crippen LogP contribution in [0.25, 0.3) is 0 Å². The van der Waals surface area contributed by atoms with Crippen molar-refractivity contribution in [2.45, 2.75) is 37.1 Å². The van der Waals surface area contributed by atoms with Gasteiger partial charge in [-0.25, -0.2) is 0 Å². The highest BCUT2D eigenvalue weighted by Crippen LogP contribution is 2.69. The second kappa shape index (κ2) is 4.63. The number of piperidine rings is 2. The first-order chi connectivity index (χ1) is 12.6. The monoisotopic (exact) mass is 352 g/mol. The molecule has 8 unspecified atom stereocenters. The van der Waals surface area contributed by atoms with Gasteiger partial charge in [0.25, 0.3) is 0 Å². The van der Waals surface area contributed by atoms with Crippen molar-refractivity contribution in [2.24, 2.45) is 22.7 Å². The van der Waals surface area contributed by atoms with Crippen molar-refractivity contribution in [2.75, 3.05) is 7.11 Å². The van der Waals surface area contributed by atoms with Crippen LogP contribution in [0.2, 0.25) is 0 Å². The molecule has 2 saturated carbocycles. The number of aliphatic hydroxyl groups excluding tert-OH is 1. The van der Waals surface area contributed by atoms with E-state index in [1.54, 1.807) is 0 Å². The molecule has 134 valence electrons. The maximum atomic E-state index is 13.1. The first-order valence-corrected chi connectivity index (χ1v) is 9.20. The summed E-state index contributed by atoms with van der Waals surface area (Å²) in [6.07, 6.45) is 1.91. The molecule has 6 nitrogen and oxygen atoms in total. The van der Waals surface area contributed by atoms with Crippen molar-refractivity contribution in [3.8, 4) is 0 Å². The molecule has 1 aromatic carbocycles. The normalized spacial score (nSPS) is 47.7. The van der Waals surface area contributed by atoms with Gasteiger partial charge in [0.2, 0.25) is 0 Å². The number of aliphatic imine (C=N–C) groups is 1. The zero-order valence-electron chi connectivity index (χ0n) is 14.6. The number of allylic oxidation sites excluding steroid dienone is 1. The predicted molar refractivity (Wildman–Crippen MR) is 92.6 cm³/mol. The van der Waals surface area contributed by atoms with Gasteiger partial charge in [-0.05, 0) is 30.9 Å². The highest BCUT2D eigenvalue weighted by Gasteiger charge is 2.78. The van der Waals surface area contributed by atoms with E-state index < -0.39 is 11.7 Å². The summed E-state index contributed by atoms with van der Waals surface area (Å²) in [5, 5.41) is 12.8. The molecule has 8 atom stereocenters. The Labute approximate surface area is 151 Å². The van der Waals surface area contributed by atoms with E-state index in [4.69, 9.17) is 14.6 Å². The van der Waals surface area contributed by atoms with E-state index in [0.717, 1.165) is 23.4 Å². The number of hydrogen-bond donors (Lipinski definition) is 1. The van der Waals surface area contributed by atoms with Crippen LogP contribution in [0.5, 0.6) is 0 Å². The van der Waals surface area contributed by atoms with Crippen LogP contribution in [-0.4, -0.2) is 47.3 Å². The van der Waals surface area contributed by atoms with Gasteiger partial charge in [-0.3, -0.25) is 14.6 Å². The number of hydroxylamine groups is 2. The zero-order chi connectivity index (χ0) is 17.8. The van der Waals surface area contributed by atoms with E-state index >= 15 is 0 Å². The molecule has 6 bridgehead atoms. The Bertz CT molecular complexity index is 909. The predicted octanol–water partition coefficient (Wildman–Crippen LogP) is 1.71. The number of esters is 1. The number of aliphatic hydroxyl groups is 1. The van der Waals surface area contributed by atoms with Gasteiger partial charge in [0.15, 0.2) is 6.29 Å². The standard InChI is InChI=1S/C20H20N2O4/c1-3-9-10-8-13-17-20(14(10)18(23)25-2,11-6-4-5-7-12(11)21-17)15-16(9)22(13)26-19(15)24/h3-7,10,13-16,19,24H,8H2,1-2H3. The van der Waals surface area contributed by atoms with E-state index in [1.165, 1.54) is 12.7 Å². The second-order valence-electron chi connectivity index (χ2n) is 7.86. The molecule has 6 heteroatoms. The second-order valence-corrected chi connectivity index (χ2v) is 7.86. The van der Waals surface area contributed by atoms with Crippen LogP contribution >= 0.6 is 0 Å². The summed E-state index contributed by atoms with van der Waals surface area (Å²) in [7, 11) is 1.45. The Morgan fingerprint density at radius 3 is 3.04 bits per heavy atom. The fourth-order valence-corrected chi connectivity index (χ4v) is 6.62. The summed E-state index contributed by atoms with van der Waals surface area (Å²) >= 11 is 0. The number of carbonyl (C=O) groups is 1. The number of methoxy groups -OCH3 is 1. The molecule has 2 aliphatic carbocycles.